The van der Waals surface area contributed by atoms with Gasteiger partial charge in [-0.3, -0.25) is 14.5 Å². The van der Waals surface area contributed by atoms with Gasteiger partial charge in [-0.25, -0.2) is 0 Å². The van der Waals surface area contributed by atoms with E-state index in [4.69, 9.17) is 16.3 Å². The molecule has 2 aromatic rings. The van der Waals surface area contributed by atoms with Crippen LogP contribution in [0.4, 0.5) is 0 Å². The maximum absolute atomic E-state index is 13.1. The van der Waals surface area contributed by atoms with Gasteiger partial charge >= 0.3 is 0 Å². The Morgan fingerprint density at radius 1 is 0.931 bits per heavy atom. The monoisotopic (exact) mass is 429 g/mol. The minimum atomic E-state index is -0.266. The quantitative estimate of drug-likeness (QED) is 0.533. The molecule has 0 unspecified atom stereocenters. The second-order valence-corrected chi connectivity index (χ2v) is 9.08. The number of benzene rings is 2. The smallest absolute Gasteiger partial charge is 0.268 e. The number of halogens is 1. The van der Waals surface area contributed by atoms with Crippen molar-refractivity contribution in [2.45, 2.75) is 38.6 Å². The average molecular weight is 430 g/mol. The van der Waals surface area contributed by atoms with E-state index in [1.54, 1.807) is 12.1 Å². The molecular weight excluding hydrogens is 406 g/mol. The number of nitrogens with zero attached hydrogens (tertiary/aromatic N) is 1. The van der Waals surface area contributed by atoms with Crippen LogP contribution in [-0.4, -0.2) is 29.4 Å². The molecule has 6 heteroatoms. The molecule has 0 atom stereocenters. The lowest BCUT2D eigenvalue weighted by Crippen LogP contribution is -2.37. The average Bonchev–Trinajstić information content (AvgIpc) is 2.92. The van der Waals surface area contributed by atoms with Crippen molar-refractivity contribution in [1.29, 1.82) is 0 Å². The summed E-state index contributed by atoms with van der Waals surface area (Å²) in [6, 6.07) is 14.4. The molecule has 0 aromatic heterocycles. The first-order chi connectivity index (χ1) is 13.8. The Bertz CT molecular complexity index is 934. The van der Waals surface area contributed by atoms with Crippen LogP contribution in [-0.2, 0) is 9.59 Å². The summed E-state index contributed by atoms with van der Waals surface area (Å²) in [7, 11) is 0. The molecule has 0 radical (unpaired) electrons. The minimum Gasteiger partial charge on any atom is -0.493 e. The SMILES string of the molecule is CC(C)COc1ccc(C2=C(Sc3ccc(Cl)cc3)C(=O)N(C(C)C)C2=O)cc1. The van der Waals surface area contributed by atoms with Gasteiger partial charge in [-0.1, -0.05) is 49.3 Å². The van der Waals surface area contributed by atoms with Gasteiger partial charge in [-0.05, 0) is 61.7 Å². The van der Waals surface area contributed by atoms with E-state index in [9.17, 15) is 9.59 Å². The van der Waals surface area contributed by atoms with E-state index in [0.717, 1.165) is 10.6 Å². The predicted octanol–water partition coefficient (Wildman–Crippen LogP) is 5.66. The van der Waals surface area contributed by atoms with Crippen molar-refractivity contribution in [3.8, 4) is 5.75 Å². The second kappa shape index (κ2) is 9.06. The molecule has 4 nitrogen and oxygen atoms in total. The van der Waals surface area contributed by atoms with E-state index >= 15 is 0 Å². The number of amides is 2. The third kappa shape index (κ3) is 4.85. The van der Waals surface area contributed by atoms with Crippen LogP contribution >= 0.6 is 23.4 Å². The van der Waals surface area contributed by atoms with Crippen LogP contribution < -0.4 is 4.74 Å². The molecule has 2 aromatic carbocycles. The summed E-state index contributed by atoms with van der Waals surface area (Å²) in [5.41, 5.74) is 1.14. The van der Waals surface area contributed by atoms with Gasteiger partial charge in [0.25, 0.3) is 11.8 Å². The van der Waals surface area contributed by atoms with Crippen molar-refractivity contribution in [1.82, 2.24) is 4.90 Å². The number of hydrogen-bond acceptors (Lipinski definition) is 4. The molecule has 1 aliphatic rings. The Morgan fingerprint density at radius 2 is 1.55 bits per heavy atom. The zero-order valence-electron chi connectivity index (χ0n) is 16.9. The lowest BCUT2D eigenvalue weighted by molar-refractivity contribution is -0.138. The Balaban J connectivity index is 1.97. The van der Waals surface area contributed by atoms with Gasteiger partial charge in [0.15, 0.2) is 0 Å². The molecule has 0 saturated carbocycles. The van der Waals surface area contributed by atoms with Gasteiger partial charge in [-0.2, -0.15) is 0 Å². The summed E-state index contributed by atoms with van der Waals surface area (Å²) in [6.45, 7) is 8.47. The summed E-state index contributed by atoms with van der Waals surface area (Å²) in [5, 5.41) is 0.623. The van der Waals surface area contributed by atoms with Crippen LogP contribution in [0.15, 0.2) is 58.3 Å². The van der Waals surface area contributed by atoms with Crippen molar-refractivity contribution in [3.05, 3.63) is 64.0 Å². The van der Waals surface area contributed by atoms with Crippen molar-refractivity contribution < 1.29 is 14.3 Å². The van der Waals surface area contributed by atoms with Crippen LogP contribution in [0.25, 0.3) is 5.57 Å². The predicted molar refractivity (Wildman–Crippen MR) is 118 cm³/mol. The first kappa shape index (κ1) is 21.5. The molecule has 0 saturated heterocycles. The van der Waals surface area contributed by atoms with Gasteiger partial charge < -0.3 is 4.74 Å². The van der Waals surface area contributed by atoms with Gasteiger partial charge in [0, 0.05) is 16.0 Å². The Hall–Kier alpha value is -2.24. The van der Waals surface area contributed by atoms with E-state index < -0.39 is 0 Å². The highest BCUT2D eigenvalue weighted by Crippen LogP contribution is 2.40. The highest BCUT2D eigenvalue weighted by molar-refractivity contribution is 8.04. The zero-order valence-corrected chi connectivity index (χ0v) is 18.5. The van der Waals surface area contributed by atoms with Crippen molar-refractivity contribution in [2.75, 3.05) is 6.61 Å². The molecule has 1 aliphatic heterocycles. The fraction of sp³-hybridized carbons (Fsp3) is 0.304. The molecule has 0 fully saturated rings. The molecule has 1 heterocycles. The van der Waals surface area contributed by atoms with E-state index in [1.807, 2.05) is 50.2 Å². The van der Waals surface area contributed by atoms with Crippen molar-refractivity contribution >= 4 is 40.8 Å². The first-order valence-electron chi connectivity index (χ1n) is 9.56. The molecule has 0 bridgehead atoms. The number of rotatable bonds is 7. The molecule has 0 aliphatic carbocycles. The van der Waals surface area contributed by atoms with Gasteiger partial charge in [-0.15, -0.1) is 0 Å². The van der Waals surface area contributed by atoms with Gasteiger partial charge in [0.2, 0.25) is 0 Å². The molecule has 152 valence electrons. The molecule has 29 heavy (non-hydrogen) atoms. The number of carbonyl (C=O) groups is 2. The molecule has 0 spiro atoms. The highest BCUT2D eigenvalue weighted by Gasteiger charge is 2.40. The third-order valence-electron chi connectivity index (χ3n) is 4.35. The minimum absolute atomic E-state index is 0.220. The van der Waals surface area contributed by atoms with Crippen LogP contribution in [0, 0.1) is 5.92 Å². The molecule has 2 amide bonds. The van der Waals surface area contributed by atoms with Crippen LogP contribution in [0.1, 0.15) is 33.3 Å². The Kier molecular flexibility index (Phi) is 6.70. The maximum Gasteiger partial charge on any atom is 0.268 e. The fourth-order valence-corrected chi connectivity index (χ4v) is 4.07. The second-order valence-electron chi connectivity index (χ2n) is 7.56. The lowest BCUT2D eigenvalue weighted by atomic mass is 10.1. The largest absolute Gasteiger partial charge is 0.493 e. The number of hydrogen-bond donors (Lipinski definition) is 0. The van der Waals surface area contributed by atoms with Crippen molar-refractivity contribution in [2.24, 2.45) is 5.92 Å². The van der Waals surface area contributed by atoms with E-state index in [2.05, 4.69) is 13.8 Å². The summed E-state index contributed by atoms with van der Waals surface area (Å²) in [5.74, 6) is 0.637. The fourth-order valence-electron chi connectivity index (χ4n) is 2.95. The molecular formula is C23H24ClNO3S. The maximum atomic E-state index is 13.1. The lowest BCUT2D eigenvalue weighted by Gasteiger charge is -2.19. The Labute approximate surface area is 180 Å². The summed E-state index contributed by atoms with van der Waals surface area (Å²) < 4.78 is 5.73. The molecule has 0 N–H and O–H groups in total. The molecule has 3 rings (SSSR count). The number of carbonyl (C=O) groups excluding carboxylic acids is 2. The van der Waals surface area contributed by atoms with Crippen LogP contribution in [0.3, 0.4) is 0 Å². The van der Waals surface area contributed by atoms with E-state index in [-0.39, 0.29) is 17.9 Å². The van der Waals surface area contributed by atoms with E-state index in [0.29, 0.717) is 33.6 Å². The first-order valence-corrected chi connectivity index (χ1v) is 10.8. The highest BCUT2D eigenvalue weighted by atomic mass is 35.5. The summed E-state index contributed by atoms with van der Waals surface area (Å²) in [4.78, 5) is 28.7. The number of imide groups is 1. The van der Waals surface area contributed by atoms with Gasteiger partial charge in [0.1, 0.15) is 5.75 Å². The zero-order chi connectivity index (χ0) is 21.1. The summed E-state index contributed by atoms with van der Waals surface area (Å²) in [6.07, 6.45) is 0. The van der Waals surface area contributed by atoms with E-state index in [1.165, 1.54) is 16.7 Å². The summed E-state index contributed by atoms with van der Waals surface area (Å²) >= 11 is 7.26. The van der Waals surface area contributed by atoms with Crippen molar-refractivity contribution in [3.63, 3.8) is 0 Å². The topological polar surface area (TPSA) is 46.6 Å². The standard InChI is InChI=1S/C23H24ClNO3S/c1-14(2)13-28-18-9-5-16(6-10-18)20-21(23(27)25(15(3)4)22(20)26)29-19-11-7-17(24)8-12-19/h5-12,14-15H,13H2,1-4H3. The number of thioether (sulfide) groups is 1. The van der Waals surface area contributed by atoms with Gasteiger partial charge in [0.05, 0.1) is 17.1 Å². The third-order valence-corrected chi connectivity index (χ3v) is 5.69. The normalized spacial score (nSPS) is 14.5. The van der Waals surface area contributed by atoms with Crippen LogP contribution in [0.5, 0.6) is 5.75 Å². The van der Waals surface area contributed by atoms with Crippen LogP contribution in [0.2, 0.25) is 5.02 Å². The Morgan fingerprint density at radius 3 is 2.10 bits per heavy atom. The number of ether oxygens (including phenoxy) is 1.